The third kappa shape index (κ3) is 4.80. The molecule has 0 atom stereocenters. The van der Waals surface area contributed by atoms with E-state index in [4.69, 9.17) is 5.26 Å². The average molecular weight is 260 g/mol. The Morgan fingerprint density at radius 3 is 2.95 bits per heavy atom. The van der Waals surface area contributed by atoms with Crippen LogP contribution in [0.15, 0.2) is 35.8 Å². The first kappa shape index (κ1) is 14.7. The zero-order valence-corrected chi connectivity index (χ0v) is 10.9. The van der Waals surface area contributed by atoms with Crippen LogP contribution < -0.4 is 10.6 Å². The number of nitrogens with one attached hydrogen (secondary N) is 2. The highest BCUT2D eigenvalue weighted by atomic mass is 19.1. The van der Waals surface area contributed by atoms with Gasteiger partial charge < -0.3 is 10.6 Å². The largest absolute Gasteiger partial charge is 0.357 e. The molecule has 5 heteroatoms. The van der Waals surface area contributed by atoms with Crippen molar-refractivity contribution < 1.29 is 4.39 Å². The molecule has 0 fully saturated rings. The van der Waals surface area contributed by atoms with Crippen LogP contribution in [0.25, 0.3) is 0 Å². The molecule has 0 amide bonds. The van der Waals surface area contributed by atoms with Gasteiger partial charge in [-0.1, -0.05) is 6.08 Å². The Kier molecular flexibility index (Phi) is 6.10. The second-order valence-electron chi connectivity index (χ2n) is 3.78. The van der Waals surface area contributed by atoms with Crippen molar-refractivity contribution in [2.75, 3.05) is 13.1 Å². The molecule has 0 unspecified atom stereocenters. The van der Waals surface area contributed by atoms with Gasteiger partial charge in [-0.25, -0.2) is 9.38 Å². The van der Waals surface area contributed by atoms with Gasteiger partial charge in [0.1, 0.15) is 5.82 Å². The van der Waals surface area contributed by atoms with E-state index in [0.717, 1.165) is 0 Å². The molecule has 0 aliphatic heterocycles. The quantitative estimate of drug-likeness (QED) is 0.483. The summed E-state index contributed by atoms with van der Waals surface area (Å²) in [5.74, 6) is 0.228. The van der Waals surface area contributed by atoms with Crippen molar-refractivity contribution in [3.63, 3.8) is 0 Å². The van der Waals surface area contributed by atoms with Crippen LogP contribution in [0.2, 0.25) is 0 Å². The predicted molar refractivity (Wildman–Crippen MR) is 74.1 cm³/mol. The summed E-state index contributed by atoms with van der Waals surface area (Å²) in [6, 6.07) is 6.23. The molecular formula is C14H17FN4. The first-order valence-electron chi connectivity index (χ1n) is 6.02. The Labute approximate surface area is 112 Å². The summed E-state index contributed by atoms with van der Waals surface area (Å²) < 4.78 is 13.6. The van der Waals surface area contributed by atoms with E-state index >= 15 is 0 Å². The van der Waals surface area contributed by atoms with Gasteiger partial charge in [0.15, 0.2) is 5.96 Å². The minimum atomic E-state index is -0.359. The summed E-state index contributed by atoms with van der Waals surface area (Å²) in [6.07, 6.45) is 1.71. The van der Waals surface area contributed by atoms with Gasteiger partial charge in [-0.15, -0.1) is 6.58 Å². The predicted octanol–water partition coefficient (Wildman–Crippen LogP) is 1.94. The Hall–Kier alpha value is -2.35. The van der Waals surface area contributed by atoms with Crippen molar-refractivity contribution in [3.05, 3.63) is 47.8 Å². The minimum absolute atomic E-state index is 0.174. The third-order valence-corrected chi connectivity index (χ3v) is 2.34. The van der Waals surface area contributed by atoms with Gasteiger partial charge >= 0.3 is 0 Å². The number of hydrogen-bond donors (Lipinski definition) is 2. The van der Waals surface area contributed by atoms with Crippen LogP contribution in [0.4, 0.5) is 4.39 Å². The number of nitriles is 1. The maximum absolute atomic E-state index is 13.6. The molecule has 4 nitrogen and oxygen atoms in total. The molecule has 0 bridgehead atoms. The topological polar surface area (TPSA) is 60.2 Å². The van der Waals surface area contributed by atoms with Crippen LogP contribution in [-0.4, -0.2) is 19.0 Å². The van der Waals surface area contributed by atoms with Crippen molar-refractivity contribution in [3.8, 4) is 6.07 Å². The number of halogens is 1. The van der Waals surface area contributed by atoms with Crippen LogP contribution in [0.1, 0.15) is 18.1 Å². The number of nitrogens with zero attached hydrogens (tertiary/aromatic N) is 2. The van der Waals surface area contributed by atoms with Gasteiger partial charge in [-0.3, -0.25) is 0 Å². The molecule has 0 saturated carbocycles. The van der Waals surface area contributed by atoms with E-state index < -0.39 is 0 Å². The molecule has 19 heavy (non-hydrogen) atoms. The minimum Gasteiger partial charge on any atom is -0.357 e. The number of benzene rings is 1. The van der Waals surface area contributed by atoms with Gasteiger partial charge in [-0.2, -0.15) is 5.26 Å². The Morgan fingerprint density at radius 2 is 2.32 bits per heavy atom. The molecule has 0 saturated heterocycles. The van der Waals surface area contributed by atoms with Crippen LogP contribution in [0.3, 0.4) is 0 Å². The average Bonchev–Trinajstić information content (AvgIpc) is 2.43. The summed E-state index contributed by atoms with van der Waals surface area (Å²) >= 11 is 0. The molecule has 0 spiro atoms. The number of rotatable bonds is 5. The lowest BCUT2D eigenvalue weighted by Gasteiger charge is -2.09. The molecule has 100 valence electrons. The zero-order chi connectivity index (χ0) is 14.1. The van der Waals surface area contributed by atoms with E-state index in [1.54, 1.807) is 6.08 Å². The highest BCUT2D eigenvalue weighted by Gasteiger charge is 2.03. The van der Waals surface area contributed by atoms with Crippen molar-refractivity contribution in [1.29, 1.82) is 5.26 Å². The van der Waals surface area contributed by atoms with Crippen LogP contribution in [-0.2, 0) is 6.54 Å². The van der Waals surface area contributed by atoms with Gasteiger partial charge in [0.25, 0.3) is 0 Å². The lowest BCUT2D eigenvalue weighted by Crippen LogP contribution is -2.37. The fourth-order valence-corrected chi connectivity index (χ4v) is 1.44. The maximum Gasteiger partial charge on any atom is 0.191 e. The Bertz CT molecular complexity index is 503. The molecule has 0 aliphatic carbocycles. The van der Waals surface area contributed by atoms with Crippen molar-refractivity contribution in [2.45, 2.75) is 13.5 Å². The molecule has 2 N–H and O–H groups in total. The first-order chi connectivity index (χ1) is 9.21. The van der Waals surface area contributed by atoms with Crippen molar-refractivity contribution in [1.82, 2.24) is 10.6 Å². The molecule has 0 radical (unpaired) electrons. The van der Waals surface area contributed by atoms with E-state index in [1.165, 1.54) is 18.2 Å². The molecular weight excluding hydrogens is 243 g/mol. The summed E-state index contributed by atoms with van der Waals surface area (Å²) in [6.45, 7) is 7.02. The highest BCUT2D eigenvalue weighted by Crippen LogP contribution is 2.11. The lowest BCUT2D eigenvalue weighted by atomic mass is 10.1. The molecule has 1 aromatic rings. The summed E-state index contributed by atoms with van der Waals surface area (Å²) in [5.41, 5.74) is 0.825. The fourth-order valence-electron chi connectivity index (χ4n) is 1.44. The second kappa shape index (κ2) is 7.88. The van der Waals surface area contributed by atoms with E-state index in [-0.39, 0.29) is 12.4 Å². The van der Waals surface area contributed by atoms with Crippen LogP contribution in [0, 0.1) is 17.1 Å². The van der Waals surface area contributed by atoms with Crippen molar-refractivity contribution in [2.24, 2.45) is 4.99 Å². The highest BCUT2D eigenvalue weighted by molar-refractivity contribution is 5.79. The Balaban J connectivity index is 2.81. The number of aliphatic imine (C=N–C) groups is 1. The van der Waals surface area contributed by atoms with E-state index in [9.17, 15) is 4.39 Å². The molecule has 1 rings (SSSR count). The third-order valence-electron chi connectivity index (χ3n) is 2.34. The summed E-state index contributed by atoms with van der Waals surface area (Å²) in [7, 11) is 0. The zero-order valence-electron chi connectivity index (χ0n) is 10.9. The SMILES string of the molecule is C=CCNC(=NCc1cc(C#N)ccc1F)NCC. The molecule has 0 aliphatic rings. The fraction of sp³-hybridized carbons (Fsp3) is 0.286. The van der Waals surface area contributed by atoms with Crippen LogP contribution >= 0.6 is 0 Å². The van der Waals surface area contributed by atoms with E-state index in [1.807, 2.05) is 13.0 Å². The van der Waals surface area contributed by atoms with Crippen LogP contribution in [0.5, 0.6) is 0 Å². The second-order valence-corrected chi connectivity index (χ2v) is 3.78. The van der Waals surface area contributed by atoms with Gasteiger partial charge in [0.2, 0.25) is 0 Å². The first-order valence-corrected chi connectivity index (χ1v) is 6.02. The van der Waals surface area contributed by atoms with Crippen molar-refractivity contribution >= 4 is 5.96 Å². The number of guanidine groups is 1. The smallest absolute Gasteiger partial charge is 0.191 e. The summed E-state index contributed by atoms with van der Waals surface area (Å²) in [4.78, 5) is 4.25. The monoisotopic (exact) mass is 260 g/mol. The van der Waals surface area contributed by atoms with E-state index in [2.05, 4.69) is 22.2 Å². The van der Waals surface area contributed by atoms with Gasteiger partial charge in [0, 0.05) is 18.7 Å². The van der Waals surface area contributed by atoms with Gasteiger partial charge in [0.05, 0.1) is 18.2 Å². The standard InChI is InChI=1S/C14H17FN4/c1-3-7-18-14(17-4-2)19-10-12-8-11(9-16)5-6-13(12)15/h3,5-6,8H,1,4,7,10H2,2H3,(H2,17,18,19). The van der Waals surface area contributed by atoms with Gasteiger partial charge in [-0.05, 0) is 25.1 Å². The molecule has 0 aromatic heterocycles. The lowest BCUT2D eigenvalue weighted by molar-refractivity contribution is 0.610. The normalized spacial score (nSPS) is 10.7. The Morgan fingerprint density at radius 1 is 1.53 bits per heavy atom. The number of hydrogen-bond acceptors (Lipinski definition) is 2. The molecule has 0 heterocycles. The van der Waals surface area contributed by atoms with E-state index in [0.29, 0.717) is 30.2 Å². The summed E-state index contributed by atoms with van der Waals surface area (Å²) in [5, 5.41) is 14.8. The maximum atomic E-state index is 13.6. The molecule has 1 aromatic carbocycles.